The number of aliphatic carboxylic acids is 1. The van der Waals surface area contributed by atoms with Crippen LogP contribution in [-0.2, 0) is 10.2 Å². The van der Waals surface area contributed by atoms with E-state index in [0.29, 0.717) is 0 Å². The Morgan fingerprint density at radius 2 is 1.94 bits per heavy atom. The summed E-state index contributed by atoms with van der Waals surface area (Å²) in [5, 5.41) is 9.09. The molecule has 1 aromatic carbocycles. The number of carbonyl (C=O) groups is 1. The predicted octanol–water partition coefficient (Wildman–Crippen LogP) is 2.46. The second-order valence-corrected chi connectivity index (χ2v) is 4.73. The second-order valence-electron chi connectivity index (χ2n) is 4.73. The maximum atomic E-state index is 11.1. The van der Waals surface area contributed by atoms with Crippen molar-refractivity contribution in [2.45, 2.75) is 45.1 Å². The third-order valence-corrected chi connectivity index (χ3v) is 3.60. The molecule has 0 heterocycles. The smallest absolute Gasteiger partial charge is 0.304 e. The van der Waals surface area contributed by atoms with Crippen LogP contribution < -0.4 is 5.73 Å². The summed E-state index contributed by atoms with van der Waals surface area (Å²) < 4.78 is 0. The number of aryl methyl sites for hydroxylation is 1. The largest absolute Gasteiger partial charge is 0.481 e. The molecule has 2 atom stereocenters. The topological polar surface area (TPSA) is 63.3 Å². The van der Waals surface area contributed by atoms with E-state index in [9.17, 15) is 4.79 Å². The van der Waals surface area contributed by atoms with Crippen LogP contribution >= 0.6 is 0 Å². The minimum atomic E-state index is -0.801. The lowest BCUT2D eigenvalue weighted by Crippen LogP contribution is -2.44. The van der Waals surface area contributed by atoms with E-state index in [1.165, 1.54) is 5.56 Å². The SMILES string of the molecule is CCC(CC(=O)O)(c1ccc(C)cc1)C(C)N. The molecular weight excluding hydrogens is 214 g/mol. The van der Waals surface area contributed by atoms with Gasteiger partial charge in [0.15, 0.2) is 0 Å². The Hall–Kier alpha value is -1.35. The van der Waals surface area contributed by atoms with Crippen LogP contribution in [0.15, 0.2) is 24.3 Å². The first kappa shape index (κ1) is 13.7. The van der Waals surface area contributed by atoms with Crippen LogP contribution in [0.3, 0.4) is 0 Å². The van der Waals surface area contributed by atoms with E-state index < -0.39 is 11.4 Å². The van der Waals surface area contributed by atoms with Crippen molar-refractivity contribution in [3.05, 3.63) is 35.4 Å². The number of carboxylic acid groups (broad SMARTS) is 1. The average molecular weight is 235 g/mol. The summed E-state index contributed by atoms with van der Waals surface area (Å²) in [4.78, 5) is 11.1. The first-order valence-electron chi connectivity index (χ1n) is 5.97. The van der Waals surface area contributed by atoms with Gasteiger partial charge in [0.05, 0.1) is 6.42 Å². The maximum absolute atomic E-state index is 11.1. The van der Waals surface area contributed by atoms with Gasteiger partial charge in [0.2, 0.25) is 0 Å². The standard InChI is InChI=1S/C14H21NO2/c1-4-14(11(3)15,9-13(16)17)12-7-5-10(2)6-8-12/h5-8,11H,4,9,15H2,1-3H3,(H,16,17). The van der Waals surface area contributed by atoms with Crippen LogP contribution in [0.25, 0.3) is 0 Å². The molecule has 0 spiro atoms. The van der Waals surface area contributed by atoms with E-state index in [2.05, 4.69) is 0 Å². The zero-order chi connectivity index (χ0) is 13.1. The summed E-state index contributed by atoms with van der Waals surface area (Å²) in [7, 11) is 0. The molecule has 1 rings (SSSR count). The van der Waals surface area contributed by atoms with Crippen LogP contribution in [0.4, 0.5) is 0 Å². The molecule has 2 unspecified atom stereocenters. The van der Waals surface area contributed by atoms with Crippen molar-refractivity contribution in [2.24, 2.45) is 5.73 Å². The summed E-state index contributed by atoms with van der Waals surface area (Å²) in [5.41, 5.74) is 7.75. The van der Waals surface area contributed by atoms with Gasteiger partial charge in [0.1, 0.15) is 0 Å². The lowest BCUT2D eigenvalue weighted by molar-refractivity contribution is -0.138. The van der Waals surface area contributed by atoms with Crippen molar-refractivity contribution in [2.75, 3.05) is 0 Å². The molecule has 3 nitrogen and oxygen atoms in total. The molecule has 17 heavy (non-hydrogen) atoms. The molecule has 0 bridgehead atoms. The zero-order valence-corrected chi connectivity index (χ0v) is 10.7. The van der Waals surface area contributed by atoms with Crippen molar-refractivity contribution in [3.8, 4) is 0 Å². The Morgan fingerprint density at radius 1 is 1.41 bits per heavy atom. The number of rotatable bonds is 5. The Bertz CT molecular complexity index is 384. The lowest BCUT2D eigenvalue weighted by atomic mass is 9.70. The highest BCUT2D eigenvalue weighted by Crippen LogP contribution is 2.34. The first-order chi connectivity index (χ1) is 7.92. The maximum Gasteiger partial charge on any atom is 0.304 e. The van der Waals surface area contributed by atoms with E-state index in [4.69, 9.17) is 10.8 Å². The molecule has 0 aliphatic rings. The normalized spacial score (nSPS) is 16.2. The van der Waals surface area contributed by atoms with Gasteiger partial charge in [-0.15, -0.1) is 0 Å². The van der Waals surface area contributed by atoms with Crippen LogP contribution in [0.2, 0.25) is 0 Å². The minimum Gasteiger partial charge on any atom is -0.481 e. The van der Waals surface area contributed by atoms with Crippen molar-refractivity contribution in [1.29, 1.82) is 0 Å². The van der Waals surface area contributed by atoms with Gasteiger partial charge in [0, 0.05) is 11.5 Å². The highest BCUT2D eigenvalue weighted by molar-refractivity contribution is 5.69. The van der Waals surface area contributed by atoms with E-state index in [-0.39, 0.29) is 12.5 Å². The first-order valence-corrected chi connectivity index (χ1v) is 5.97. The van der Waals surface area contributed by atoms with E-state index >= 15 is 0 Å². The quantitative estimate of drug-likeness (QED) is 0.824. The molecule has 3 heteroatoms. The molecule has 0 aromatic heterocycles. The monoisotopic (exact) mass is 235 g/mol. The van der Waals surface area contributed by atoms with Crippen molar-refractivity contribution in [1.82, 2.24) is 0 Å². The fourth-order valence-electron chi connectivity index (χ4n) is 2.33. The van der Waals surface area contributed by atoms with Crippen LogP contribution in [0.5, 0.6) is 0 Å². The van der Waals surface area contributed by atoms with Crippen molar-refractivity contribution < 1.29 is 9.90 Å². The van der Waals surface area contributed by atoms with Crippen molar-refractivity contribution in [3.63, 3.8) is 0 Å². The van der Waals surface area contributed by atoms with Gasteiger partial charge in [0.25, 0.3) is 0 Å². The molecule has 0 aliphatic heterocycles. The number of hydrogen-bond acceptors (Lipinski definition) is 2. The highest BCUT2D eigenvalue weighted by atomic mass is 16.4. The number of benzene rings is 1. The number of carboxylic acids is 1. The summed E-state index contributed by atoms with van der Waals surface area (Å²) in [5.74, 6) is -0.801. The van der Waals surface area contributed by atoms with Crippen LogP contribution in [0, 0.1) is 6.92 Å². The molecule has 0 saturated carbocycles. The summed E-state index contributed by atoms with van der Waals surface area (Å²) in [6, 6.07) is 7.80. The predicted molar refractivity (Wildman–Crippen MR) is 69.1 cm³/mol. The number of nitrogens with two attached hydrogens (primary N) is 1. The molecule has 0 aliphatic carbocycles. The van der Waals surface area contributed by atoms with Crippen LogP contribution in [-0.4, -0.2) is 17.1 Å². The molecule has 0 saturated heterocycles. The second kappa shape index (κ2) is 5.32. The molecule has 0 radical (unpaired) electrons. The molecule has 1 aromatic rings. The van der Waals surface area contributed by atoms with Gasteiger partial charge < -0.3 is 10.8 Å². The Morgan fingerprint density at radius 3 is 2.29 bits per heavy atom. The van der Waals surface area contributed by atoms with E-state index in [1.807, 2.05) is 45.0 Å². The summed E-state index contributed by atoms with van der Waals surface area (Å²) in [6.45, 7) is 5.89. The third-order valence-electron chi connectivity index (χ3n) is 3.60. The van der Waals surface area contributed by atoms with Crippen LogP contribution in [0.1, 0.15) is 37.8 Å². The van der Waals surface area contributed by atoms with E-state index in [1.54, 1.807) is 0 Å². The molecule has 0 amide bonds. The Kier molecular flexibility index (Phi) is 4.29. The number of hydrogen-bond donors (Lipinski definition) is 2. The molecule has 3 N–H and O–H groups in total. The fourth-order valence-corrected chi connectivity index (χ4v) is 2.33. The van der Waals surface area contributed by atoms with Gasteiger partial charge in [-0.25, -0.2) is 0 Å². The lowest BCUT2D eigenvalue weighted by Gasteiger charge is -2.36. The Balaban J connectivity index is 3.21. The van der Waals surface area contributed by atoms with Gasteiger partial charge in [-0.3, -0.25) is 4.79 Å². The summed E-state index contributed by atoms with van der Waals surface area (Å²) in [6.07, 6.45) is 0.796. The van der Waals surface area contributed by atoms with Gasteiger partial charge >= 0.3 is 5.97 Å². The molecule has 0 fully saturated rings. The zero-order valence-electron chi connectivity index (χ0n) is 10.7. The van der Waals surface area contributed by atoms with Crippen molar-refractivity contribution >= 4 is 5.97 Å². The third kappa shape index (κ3) is 2.86. The highest BCUT2D eigenvalue weighted by Gasteiger charge is 2.36. The van der Waals surface area contributed by atoms with Gasteiger partial charge in [-0.1, -0.05) is 36.8 Å². The minimum absolute atomic E-state index is 0.0736. The summed E-state index contributed by atoms with van der Waals surface area (Å²) >= 11 is 0. The molecular formula is C14H21NO2. The molecule has 94 valence electrons. The average Bonchev–Trinajstić information content (AvgIpc) is 2.26. The van der Waals surface area contributed by atoms with E-state index in [0.717, 1.165) is 12.0 Å². The fraction of sp³-hybridized carbons (Fsp3) is 0.500. The Labute approximate surface area is 103 Å². The van der Waals surface area contributed by atoms with Gasteiger partial charge in [-0.2, -0.15) is 0 Å². The van der Waals surface area contributed by atoms with Gasteiger partial charge in [-0.05, 0) is 25.8 Å².